The number of aromatic hydroxyl groups is 2. The third-order valence-corrected chi connectivity index (χ3v) is 3.80. The number of phenols is 2. The van der Waals surface area contributed by atoms with Crippen LogP contribution in [0.15, 0.2) is 85.0 Å². The molecule has 0 fully saturated rings. The van der Waals surface area contributed by atoms with E-state index in [1.807, 2.05) is 24.3 Å². The predicted molar refractivity (Wildman–Crippen MR) is 119 cm³/mol. The zero-order valence-electron chi connectivity index (χ0n) is 18.6. The number of alkyl halides is 6. The van der Waals surface area contributed by atoms with Crippen LogP contribution in [0.1, 0.15) is 24.0 Å². The van der Waals surface area contributed by atoms with Gasteiger partial charge in [0, 0.05) is 0 Å². The minimum absolute atomic E-state index is 0. The van der Waals surface area contributed by atoms with Gasteiger partial charge in [0.25, 0.3) is 0 Å². The SMILES string of the molecule is Oc1cccc(CC(F)(F)F)c1.Oc1cccc(CC(F)(F)F)c1.[C-]1=CC=CC1.[C-]1=CC=CC1.[Zr+2]. The average Bonchev–Trinajstić information content (AvgIpc) is 3.45. The molecule has 0 unspecified atom stereocenters. The van der Waals surface area contributed by atoms with Crippen LogP contribution in [0.25, 0.3) is 0 Å². The number of hydrogen-bond donors (Lipinski definition) is 2. The average molecular weight is 574 g/mol. The van der Waals surface area contributed by atoms with Crippen molar-refractivity contribution in [1.29, 1.82) is 0 Å². The van der Waals surface area contributed by atoms with Crippen molar-refractivity contribution in [2.24, 2.45) is 0 Å². The van der Waals surface area contributed by atoms with E-state index < -0.39 is 25.2 Å². The summed E-state index contributed by atoms with van der Waals surface area (Å²) in [5, 5.41) is 17.7. The van der Waals surface area contributed by atoms with E-state index in [-0.39, 0.29) is 48.8 Å². The van der Waals surface area contributed by atoms with Crippen molar-refractivity contribution in [3.05, 3.63) is 108 Å². The molecule has 0 heterocycles. The Kier molecular flexibility index (Phi) is 15.8. The number of rotatable bonds is 2. The Bertz CT molecular complexity index is 877. The van der Waals surface area contributed by atoms with Crippen LogP contribution in [-0.2, 0) is 39.0 Å². The van der Waals surface area contributed by atoms with Gasteiger partial charge in [-0.15, -0.1) is 12.8 Å². The van der Waals surface area contributed by atoms with Gasteiger partial charge in [-0.2, -0.15) is 38.5 Å². The molecule has 0 aliphatic heterocycles. The van der Waals surface area contributed by atoms with Gasteiger partial charge in [0.15, 0.2) is 0 Å². The largest absolute Gasteiger partial charge is 2.00 e. The topological polar surface area (TPSA) is 40.5 Å². The summed E-state index contributed by atoms with van der Waals surface area (Å²) in [5.41, 5.74) is 0.144. The monoisotopic (exact) mass is 572 g/mol. The second-order valence-electron chi connectivity index (χ2n) is 6.93. The molecule has 0 bridgehead atoms. The molecule has 2 aliphatic carbocycles. The molecule has 2 aromatic rings. The van der Waals surface area contributed by atoms with Crippen molar-refractivity contribution >= 4 is 0 Å². The van der Waals surface area contributed by atoms with E-state index in [9.17, 15) is 26.3 Å². The molecule has 2 aromatic carbocycles. The fourth-order valence-electron chi connectivity index (χ4n) is 2.48. The minimum atomic E-state index is -4.21. The maximum atomic E-state index is 11.8. The smallest absolute Gasteiger partial charge is 0.508 e. The van der Waals surface area contributed by atoms with Gasteiger partial charge < -0.3 is 10.2 Å². The van der Waals surface area contributed by atoms with Crippen LogP contribution in [-0.4, -0.2) is 22.6 Å². The summed E-state index contributed by atoms with van der Waals surface area (Å²) in [6, 6.07) is 10.3. The fourth-order valence-corrected chi connectivity index (χ4v) is 2.48. The van der Waals surface area contributed by atoms with Crippen molar-refractivity contribution in [2.75, 3.05) is 0 Å². The first-order valence-electron chi connectivity index (χ1n) is 10.1. The summed E-state index contributed by atoms with van der Waals surface area (Å²) in [4.78, 5) is 0. The molecule has 4 rings (SSSR count). The van der Waals surface area contributed by atoms with Crippen LogP contribution in [0.4, 0.5) is 26.3 Å². The van der Waals surface area contributed by atoms with E-state index in [2.05, 4.69) is 24.3 Å². The fraction of sp³-hybridized carbons (Fsp3) is 0.231. The van der Waals surface area contributed by atoms with Crippen molar-refractivity contribution < 1.29 is 62.8 Å². The Morgan fingerprint density at radius 1 is 0.657 bits per heavy atom. The molecule has 2 nitrogen and oxygen atoms in total. The van der Waals surface area contributed by atoms with E-state index in [1.165, 1.54) is 36.4 Å². The Hall–Kier alpha value is -2.54. The van der Waals surface area contributed by atoms with Crippen LogP contribution in [0.2, 0.25) is 0 Å². The first-order chi connectivity index (χ1) is 15.9. The van der Waals surface area contributed by atoms with E-state index in [0.29, 0.717) is 0 Å². The molecule has 0 atom stereocenters. The van der Waals surface area contributed by atoms with Crippen molar-refractivity contribution in [2.45, 2.75) is 38.0 Å². The molecule has 9 heteroatoms. The number of halogens is 6. The normalized spacial score (nSPS) is 13.0. The van der Waals surface area contributed by atoms with Gasteiger partial charge in [0.1, 0.15) is 11.5 Å². The summed E-state index contributed by atoms with van der Waals surface area (Å²) in [5.74, 6) is -0.284. The van der Waals surface area contributed by atoms with Crippen LogP contribution in [0.3, 0.4) is 0 Å². The number of phenolic OH excluding ortho intramolecular Hbond substituents is 2. The summed E-state index contributed by atoms with van der Waals surface area (Å²) in [6.45, 7) is 0. The summed E-state index contributed by atoms with van der Waals surface area (Å²) < 4.78 is 70.7. The molecular weight excluding hydrogens is 549 g/mol. The molecule has 2 N–H and O–H groups in total. The van der Waals surface area contributed by atoms with Crippen molar-refractivity contribution in [3.8, 4) is 11.5 Å². The summed E-state index contributed by atoms with van der Waals surface area (Å²) in [7, 11) is 0. The van der Waals surface area contributed by atoms with Crippen molar-refractivity contribution in [3.63, 3.8) is 0 Å². The molecule has 0 saturated heterocycles. The van der Waals surface area contributed by atoms with Gasteiger partial charge in [-0.05, 0) is 35.4 Å². The molecule has 0 spiro atoms. The molecule has 186 valence electrons. The molecule has 2 aliphatic rings. The van der Waals surface area contributed by atoms with Crippen LogP contribution >= 0.6 is 0 Å². The maximum Gasteiger partial charge on any atom is 2.00 e. The molecule has 0 radical (unpaired) electrons. The Morgan fingerprint density at radius 3 is 1.23 bits per heavy atom. The van der Waals surface area contributed by atoms with Gasteiger partial charge in [-0.3, -0.25) is 12.2 Å². The summed E-state index contributed by atoms with van der Waals surface area (Å²) >= 11 is 0. The van der Waals surface area contributed by atoms with Crippen LogP contribution in [0.5, 0.6) is 11.5 Å². The maximum absolute atomic E-state index is 11.8. The van der Waals surface area contributed by atoms with Crippen LogP contribution < -0.4 is 0 Å². The molecular formula is C26H24F6O2Zr. The predicted octanol–water partition coefficient (Wildman–Crippen LogP) is 7.60. The van der Waals surface area contributed by atoms with Gasteiger partial charge in [0.05, 0.1) is 12.8 Å². The second-order valence-corrected chi connectivity index (χ2v) is 6.93. The number of hydrogen-bond acceptors (Lipinski definition) is 2. The van der Waals surface area contributed by atoms with E-state index in [4.69, 9.17) is 10.2 Å². The molecule has 0 amide bonds. The summed E-state index contributed by atoms with van der Waals surface area (Å²) in [6.07, 6.45) is 9.57. The second kappa shape index (κ2) is 17.0. The number of benzene rings is 2. The first kappa shape index (κ1) is 32.5. The Labute approximate surface area is 220 Å². The minimum Gasteiger partial charge on any atom is -0.508 e. The quantitative estimate of drug-likeness (QED) is 0.287. The van der Waals surface area contributed by atoms with Gasteiger partial charge >= 0.3 is 38.6 Å². The third kappa shape index (κ3) is 19.5. The standard InChI is InChI=1S/2C8H7F3O.2C5H5.Zr/c2*9-8(10,11)5-6-2-1-3-7(12)4-6;2*1-2-4-5-3-1;/h2*1-4,12H,5H2;2*1-3H,4H2;/q;;2*-1;+2. The molecule has 0 aromatic heterocycles. The third-order valence-electron chi connectivity index (χ3n) is 3.80. The number of allylic oxidation sites excluding steroid dienone is 8. The van der Waals surface area contributed by atoms with Crippen molar-refractivity contribution in [1.82, 2.24) is 0 Å². The molecule has 35 heavy (non-hydrogen) atoms. The van der Waals surface area contributed by atoms with Crippen LogP contribution in [0, 0.1) is 12.2 Å². The van der Waals surface area contributed by atoms with E-state index in [1.54, 1.807) is 0 Å². The van der Waals surface area contributed by atoms with Gasteiger partial charge in [-0.1, -0.05) is 24.3 Å². The van der Waals surface area contributed by atoms with Gasteiger partial charge in [0.2, 0.25) is 0 Å². The van der Waals surface area contributed by atoms with Gasteiger partial charge in [-0.25, -0.2) is 24.3 Å². The molecule has 0 saturated carbocycles. The zero-order valence-corrected chi connectivity index (χ0v) is 21.0. The van der Waals surface area contributed by atoms with E-state index in [0.717, 1.165) is 25.0 Å². The Morgan fingerprint density at radius 2 is 1.03 bits per heavy atom. The van der Waals surface area contributed by atoms with E-state index >= 15 is 0 Å². The first-order valence-corrected chi connectivity index (χ1v) is 10.1. The Balaban J connectivity index is 0.000000468. The zero-order chi connectivity index (χ0) is 25.5.